The lowest BCUT2D eigenvalue weighted by atomic mass is 10.2. The molecule has 0 aromatic carbocycles. The molecule has 0 atom stereocenters. The number of nitrogens with two attached hydrogens (primary N) is 1. The first-order valence-electron chi connectivity index (χ1n) is 6.24. The number of carbonyl (C=O) groups is 1. The predicted molar refractivity (Wildman–Crippen MR) is 74.7 cm³/mol. The first kappa shape index (κ1) is 14.5. The highest BCUT2D eigenvalue weighted by molar-refractivity contribution is 7.91. The van der Waals surface area contributed by atoms with Gasteiger partial charge in [-0.05, 0) is 38.2 Å². The van der Waals surface area contributed by atoms with E-state index in [1.54, 1.807) is 17.2 Å². The number of nitrogens with zero attached hydrogens (tertiary/aromatic N) is 1. The molecule has 1 amide bonds. The minimum absolute atomic E-state index is 0.0818. The maximum atomic E-state index is 12.4. The fraction of sp³-hybridized carbons (Fsp3) is 0.583. The third-order valence-electron chi connectivity index (χ3n) is 3.33. The molecule has 0 spiro atoms. The maximum Gasteiger partial charge on any atom is 0.255 e. The molecule has 2 N–H and O–H groups in total. The number of primary sulfonamides is 1. The molecule has 0 radical (unpaired) electrons. The van der Waals surface area contributed by atoms with Gasteiger partial charge in [0.05, 0.1) is 5.56 Å². The van der Waals surface area contributed by atoms with Gasteiger partial charge in [-0.15, -0.1) is 11.3 Å². The summed E-state index contributed by atoms with van der Waals surface area (Å²) in [7, 11) is -3.74. The second-order valence-corrected chi connectivity index (χ2v) is 7.53. The molecule has 0 unspecified atom stereocenters. The Morgan fingerprint density at radius 2 is 2.16 bits per heavy atom. The topological polar surface area (TPSA) is 80.5 Å². The molecule has 1 aromatic rings. The molecule has 1 fully saturated rings. The Balaban J connectivity index is 2.25. The summed E-state index contributed by atoms with van der Waals surface area (Å²) in [4.78, 5) is 14.2. The Bertz CT molecular complexity index is 588. The summed E-state index contributed by atoms with van der Waals surface area (Å²) in [6.45, 7) is 4.96. The third-order valence-corrected chi connectivity index (χ3v) is 6.01. The van der Waals surface area contributed by atoms with Gasteiger partial charge in [0.1, 0.15) is 4.21 Å². The average molecular weight is 302 g/mol. The van der Waals surface area contributed by atoms with Gasteiger partial charge in [-0.2, -0.15) is 0 Å². The predicted octanol–water partition coefficient (Wildman–Crippen LogP) is 1.58. The van der Waals surface area contributed by atoms with E-state index in [9.17, 15) is 13.2 Å². The Kier molecular flexibility index (Phi) is 3.98. The lowest BCUT2D eigenvalue weighted by Gasteiger charge is -2.20. The molecule has 0 bridgehead atoms. The molecule has 2 rings (SSSR count). The van der Waals surface area contributed by atoms with E-state index < -0.39 is 10.0 Å². The SMILES string of the molecule is CCN(CC1CC1)C(=O)c1csc(S(N)(=O)=O)c1C. The van der Waals surface area contributed by atoms with Crippen LogP contribution < -0.4 is 5.14 Å². The number of amides is 1. The van der Waals surface area contributed by atoms with Crippen LogP contribution in [-0.4, -0.2) is 32.3 Å². The number of hydrogen-bond donors (Lipinski definition) is 1. The summed E-state index contributed by atoms with van der Waals surface area (Å²) in [5.41, 5.74) is 0.920. The van der Waals surface area contributed by atoms with E-state index >= 15 is 0 Å². The zero-order valence-electron chi connectivity index (χ0n) is 11.0. The van der Waals surface area contributed by atoms with Gasteiger partial charge in [0.25, 0.3) is 5.91 Å². The summed E-state index contributed by atoms with van der Waals surface area (Å²) in [5.74, 6) is 0.513. The summed E-state index contributed by atoms with van der Waals surface area (Å²) < 4.78 is 22.8. The van der Waals surface area contributed by atoms with Crippen molar-refractivity contribution in [2.24, 2.45) is 11.1 Å². The molecule has 19 heavy (non-hydrogen) atoms. The molecule has 1 heterocycles. The van der Waals surface area contributed by atoms with Gasteiger partial charge in [0.15, 0.2) is 0 Å². The van der Waals surface area contributed by atoms with Gasteiger partial charge in [-0.25, -0.2) is 13.6 Å². The molecule has 1 aromatic heterocycles. The van der Waals surface area contributed by atoms with Crippen molar-refractivity contribution in [3.63, 3.8) is 0 Å². The Labute approximate surface area is 117 Å². The van der Waals surface area contributed by atoms with Gasteiger partial charge < -0.3 is 4.90 Å². The minimum atomic E-state index is -3.74. The molecule has 0 aliphatic heterocycles. The largest absolute Gasteiger partial charge is 0.339 e. The van der Waals surface area contributed by atoms with Crippen LogP contribution in [0.1, 0.15) is 35.7 Å². The summed E-state index contributed by atoms with van der Waals surface area (Å²) in [5, 5.41) is 6.72. The van der Waals surface area contributed by atoms with Gasteiger partial charge in [-0.3, -0.25) is 4.79 Å². The van der Waals surface area contributed by atoms with E-state index in [1.165, 1.54) is 12.8 Å². The molecule has 1 aliphatic rings. The van der Waals surface area contributed by atoms with Crippen molar-refractivity contribution in [1.82, 2.24) is 4.90 Å². The van der Waals surface area contributed by atoms with Crippen molar-refractivity contribution in [3.05, 3.63) is 16.5 Å². The normalized spacial score (nSPS) is 15.5. The number of thiophene rings is 1. The van der Waals surface area contributed by atoms with Crippen LogP contribution in [0.25, 0.3) is 0 Å². The van der Waals surface area contributed by atoms with Crippen molar-refractivity contribution < 1.29 is 13.2 Å². The van der Waals surface area contributed by atoms with Crippen molar-refractivity contribution in [1.29, 1.82) is 0 Å². The monoisotopic (exact) mass is 302 g/mol. The van der Waals surface area contributed by atoms with E-state index in [4.69, 9.17) is 5.14 Å². The molecule has 1 aliphatic carbocycles. The lowest BCUT2D eigenvalue weighted by molar-refractivity contribution is 0.0756. The lowest BCUT2D eigenvalue weighted by Crippen LogP contribution is -2.32. The van der Waals surface area contributed by atoms with Crippen molar-refractivity contribution in [2.45, 2.75) is 30.9 Å². The van der Waals surface area contributed by atoms with Gasteiger partial charge in [0.2, 0.25) is 10.0 Å². The van der Waals surface area contributed by atoms with Gasteiger partial charge in [-0.1, -0.05) is 0 Å². The van der Waals surface area contributed by atoms with E-state index in [-0.39, 0.29) is 10.1 Å². The van der Waals surface area contributed by atoms with Crippen molar-refractivity contribution in [3.8, 4) is 0 Å². The van der Waals surface area contributed by atoms with Crippen molar-refractivity contribution >= 4 is 27.3 Å². The number of rotatable bonds is 5. The highest BCUT2D eigenvalue weighted by atomic mass is 32.2. The smallest absolute Gasteiger partial charge is 0.255 e. The molecule has 1 saturated carbocycles. The zero-order chi connectivity index (χ0) is 14.2. The zero-order valence-corrected chi connectivity index (χ0v) is 12.7. The van der Waals surface area contributed by atoms with Crippen LogP contribution in [0.15, 0.2) is 9.59 Å². The van der Waals surface area contributed by atoms with Crippen molar-refractivity contribution in [2.75, 3.05) is 13.1 Å². The average Bonchev–Trinajstić information content (AvgIpc) is 3.05. The Morgan fingerprint density at radius 3 is 2.58 bits per heavy atom. The number of carbonyl (C=O) groups excluding carboxylic acids is 1. The highest BCUT2D eigenvalue weighted by Crippen LogP contribution is 2.31. The minimum Gasteiger partial charge on any atom is -0.339 e. The Morgan fingerprint density at radius 1 is 1.53 bits per heavy atom. The van der Waals surface area contributed by atoms with Crippen LogP contribution in [-0.2, 0) is 10.0 Å². The molecule has 5 nitrogen and oxygen atoms in total. The fourth-order valence-electron chi connectivity index (χ4n) is 2.03. The maximum absolute atomic E-state index is 12.4. The van der Waals surface area contributed by atoms with Crippen LogP contribution >= 0.6 is 11.3 Å². The van der Waals surface area contributed by atoms with Crippen LogP contribution in [0.3, 0.4) is 0 Å². The number of sulfonamides is 1. The van der Waals surface area contributed by atoms with Crippen LogP contribution in [0.4, 0.5) is 0 Å². The van der Waals surface area contributed by atoms with Gasteiger partial charge >= 0.3 is 0 Å². The molecular formula is C12H18N2O3S2. The molecule has 106 valence electrons. The highest BCUT2D eigenvalue weighted by Gasteiger charge is 2.28. The molecule has 7 heteroatoms. The van der Waals surface area contributed by atoms with E-state index in [1.807, 2.05) is 6.92 Å². The van der Waals surface area contributed by atoms with E-state index in [0.717, 1.165) is 17.9 Å². The second kappa shape index (κ2) is 5.22. The number of hydrogen-bond acceptors (Lipinski definition) is 4. The van der Waals surface area contributed by atoms with Crippen LogP contribution in [0.5, 0.6) is 0 Å². The molecular weight excluding hydrogens is 284 g/mol. The molecule has 0 saturated heterocycles. The first-order valence-corrected chi connectivity index (χ1v) is 8.67. The summed E-state index contributed by atoms with van der Waals surface area (Å²) in [6.07, 6.45) is 2.35. The summed E-state index contributed by atoms with van der Waals surface area (Å²) in [6, 6.07) is 0. The van der Waals surface area contributed by atoms with E-state index in [0.29, 0.717) is 23.6 Å². The van der Waals surface area contributed by atoms with Crippen LogP contribution in [0, 0.1) is 12.8 Å². The Hall–Kier alpha value is -0.920. The standard InChI is InChI=1S/C12H18N2O3S2/c1-3-14(6-9-4-5-9)11(15)10-7-18-12(8(10)2)19(13,16)17/h7,9H,3-6H2,1-2H3,(H2,13,16,17). The fourth-order valence-corrected chi connectivity index (χ4v) is 4.04. The van der Waals surface area contributed by atoms with E-state index in [2.05, 4.69) is 0 Å². The second-order valence-electron chi connectivity index (χ2n) is 4.89. The summed E-state index contributed by atoms with van der Waals surface area (Å²) >= 11 is 1.01. The first-order chi connectivity index (χ1) is 8.84. The quantitative estimate of drug-likeness (QED) is 0.896. The third kappa shape index (κ3) is 3.16. The van der Waals surface area contributed by atoms with Crippen LogP contribution in [0.2, 0.25) is 0 Å². The van der Waals surface area contributed by atoms with Gasteiger partial charge in [0, 0.05) is 18.5 Å².